The summed E-state index contributed by atoms with van der Waals surface area (Å²) in [6.45, 7) is 0. The number of rotatable bonds is 2. The van der Waals surface area contributed by atoms with Crippen molar-refractivity contribution in [1.29, 1.82) is 0 Å². The molecule has 2 rings (SSSR count). The van der Waals surface area contributed by atoms with Crippen molar-refractivity contribution in [3.63, 3.8) is 0 Å². The number of carbonyl (C=O) groups is 1. The van der Waals surface area contributed by atoms with E-state index in [1.807, 2.05) is 0 Å². The highest BCUT2D eigenvalue weighted by atomic mass is 16.4. The topological polar surface area (TPSA) is 85.3 Å². The van der Waals surface area contributed by atoms with Crippen LogP contribution in [-0.4, -0.2) is 20.9 Å². The maximum Gasteiger partial charge on any atom is 0.437 e. The minimum Gasteiger partial charge on any atom is -0.478 e. The molecule has 1 aromatic carbocycles. The van der Waals surface area contributed by atoms with Gasteiger partial charge in [-0.25, -0.2) is 9.59 Å². The van der Waals surface area contributed by atoms with E-state index in [1.54, 1.807) is 0 Å². The first kappa shape index (κ1) is 10.2. The fourth-order valence-corrected chi connectivity index (χ4v) is 1.22. The molecule has 0 radical (unpaired) electrons. The van der Waals surface area contributed by atoms with E-state index in [1.165, 1.54) is 31.3 Å². The number of aromatic nitrogens is 2. The van der Waals surface area contributed by atoms with Crippen LogP contribution < -0.4 is 5.76 Å². The zero-order valence-corrected chi connectivity index (χ0v) is 8.38. The largest absolute Gasteiger partial charge is 0.478 e. The lowest BCUT2D eigenvalue weighted by Crippen LogP contribution is -2.09. The molecular weight excluding hydrogens is 212 g/mol. The van der Waals surface area contributed by atoms with Crippen molar-refractivity contribution < 1.29 is 14.3 Å². The number of carboxylic acid groups (broad SMARTS) is 1. The zero-order chi connectivity index (χ0) is 11.7. The Hall–Kier alpha value is -2.37. The van der Waals surface area contributed by atoms with Gasteiger partial charge in [0.05, 0.1) is 5.56 Å². The Morgan fingerprint density at radius 3 is 2.44 bits per heavy atom. The third-order valence-corrected chi connectivity index (χ3v) is 2.07. The van der Waals surface area contributed by atoms with E-state index >= 15 is 0 Å². The molecule has 0 spiro atoms. The van der Waals surface area contributed by atoms with Gasteiger partial charge in [0, 0.05) is 12.6 Å². The summed E-state index contributed by atoms with van der Waals surface area (Å²) in [7, 11) is 1.47. The van der Waals surface area contributed by atoms with Gasteiger partial charge in [0.1, 0.15) is 0 Å². The molecule has 0 fully saturated rings. The van der Waals surface area contributed by atoms with Gasteiger partial charge in [0.25, 0.3) is 0 Å². The van der Waals surface area contributed by atoms with Gasteiger partial charge in [0.15, 0.2) is 0 Å². The van der Waals surface area contributed by atoms with E-state index in [0.29, 0.717) is 5.56 Å². The summed E-state index contributed by atoms with van der Waals surface area (Å²) < 4.78 is 5.92. The van der Waals surface area contributed by atoms with Gasteiger partial charge in [-0.05, 0) is 24.3 Å². The van der Waals surface area contributed by atoms with E-state index < -0.39 is 11.7 Å². The summed E-state index contributed by atoms with van der Waals surface area (Å²) >= 11 is 0. The van der Waals surface area contributed by atoms with Gasteiger partial charge in [-0.15, -0.1) is 5.10 Å². The molecule has 0 aliphatic rings. The summed E-state index contributed by atoms with van der Waals surface area (Å²) in [6.07, 6.45) is 0. The third kappa shape index (κ3) is 1.72. The first-order chi connectivity index (χ1) is 7.58. The molecule has 6 heteroatoms. The molecule has 0 saturated carbocycles. The van der Waals surface area contributed by atoms with Crippen molar-refractivity contribution in [2.45, 2.75) is 0 Å². The average Bonchev–Trinajstić information content (AvgIpc) is 2.59. The number of hydrogen-bond acceptors (Lipinski definition) is 4. The van der Waals surface area contributed by atoms with Crippen LogP contribution in [0.1, 0.15) is 10.4 Å². The molecule has 1 heterocycles. The molecule has 0 bridgehead atoms. The van der Waals surface area contributed by atoms with E-state index in [9.17, 15) is 9.59 Å². The van der Waals surface area contributed by atoms with Crippen LogP contribution in [-0.2, 0) is 7.05 Å². The molecular formula is C10H8N2O4. The molecule has 0 saturated heterocycles. The smallest absolute Gasteiger partial charge is 0.437 e. The Balaban J connectivity index is 2.42. The molecule has 6 nitrogen and oxygen atoms in total. The average molecular weight is 220 g/mol. The Labute approximate surface area is 89.7 Å². The minimum absolute atomic E-state index is 0.169. The number of nitrogens with zero attached hydrogens (tertiary/aromatic N) is 2. The number of aromatic carboxylic acids is 1. The zero-order valence-electron chi connectivity index (χ0n) is 8.38. The van der Waals surface area contributed by atoms with Crippen LogP contribution in [0.5, 0.6) is 0 Å². The van der Waals surface area contributed by atoms with E-state index in [0.717, 1.165) is 4.68 Å². The standard InChI is InChI=1S/C10H8N2O4/c1-12-10(15)16-8(11-12)6-2-4-7(5-3-6)9(13)14/h2-5H,1H3,(H,13,14). The van der Waals surface area contributed by atoms with Crippen molar-refractivity contribution in [3.05, 3.63) is 40.4 Å². The normalized spacial score (nSPS) is 10.3. The lowest BCUT2D eigenvalue weighted by atomic mass is 10.1. The van der Waals surface area contributed by atoms with Crippen LogP contribution in [0, 0.1) is 0 Å². The molecule has 0 amide bonds. The van der Waals surface area contributed by atoms with Crippen LogP contribution in [0.25, 0.3) is 11.5 Å². The Morgan fingerprint density at radius 2 is 2.00 bits per heavy atom. The van der Waals surface area contributed by atoms with E-state index in [2.05, 4.69) is 5.10 Å². The van der Waals surface area contributed by atoms with Crippen molar-refractivity contribution in [2.24, 2.45) is 7.05 Å². The summed E-state index contributed by atoms with van der Waals surface area (Å²) in [4.78, 5) is 21.6. The van der Waals surface area contributed by atoms with Gasteiger partial charge in [-0.3, -0.25) is 0 Å². The number of aryl methyl sites for hydroxylation is 1. The molecule has 82 valence electrons. The Bertz CT molecular complexity index is 580. The highest BCUT2D eigenvalue weighted by molar-refractivity contribution is 5.88. The molecule has 1 aromatic heterocycles. The Kier molecular flexibility index (Phi) is 2.32. The molecule has 0 aliphatic heterocycles. The summed E-state index contributed by atoms with van der Waals surface area (Å²) in [6, 6.07) is 5.92. The minimum atomic E-state index is -1.01. The first-order valence-electron chi connectivity index (χ1n) is 4.46. The monoisotopic (exact) mass is 220 g/mol. The number of carboxylic acids is 1. The highest BCUT2D eigenvalue weighted by Gasteiger charge is 2.08. The van der Waals surface area contributed by atoms with Crippen molar-refractivity contribution in [2.75, 3.05) is 0 Å². The molecule has 16 heavy (non-hydrogen) atoms. The second-order valence-corrected chi connectivity index (χ2v) is 3.18. The lowest BCUT2D eigenvalue weighted by molar-refractivity contribution is 0.0697. The number of hydrogen-bond donors (Lipinski definition) is 1. The molecule has 2 aromatic rings. The summed E-state index contributed by atoms with van der Waals surface area (Å²) in [5.41, 5.74) is 0.727. The van der Waals surface area contributed by atoms with Gasteiger partial charge in [0.2, 0.25) is 5.89 Å². The maximum absolute atomic E-state index is 11.0. The van der Waals surface area contributed by atoms with Crippen LogP contribution in [0.3, 0.4) is 0 Å². The van der Waals surface area contributed by atoms with Gasteiger partial charge < -0.3 is 9.52 Å². The summed E-state index contributed by atoms with van der Waals surface area (Å²) in [5.74, 6) is -1.39. The van der Waals surface area contributed by atoms with Crippen LogP contribution in [0.15, 0.2) is 33.5 Å². The predicted molar refractivity (Wildman–Crippen MR) is 54.1 cm³/mol. The molecule has 0 atom stereocenters. The quantitative estimate of drug-likeness (QED) is 0.806. The van der Waals surface area contributed by atoms with E-state index in [4.69, 9.17) is 9.52 Å². The van der Waals surface area contributed by atoms with Crippen molar-refractivity contribution in [1.82, 2.24) is 9.78 Å². The fraction of sp³-hybridized carbons (Fsp3) is 0.100. The van der Waals surface area contributed by atoms with Crippen molar-refractivity contribution in [3.8, 4) is 11.5 Å². The van der Waals surface area contributed by atoms with Gasteiger partial charge in [-0.1, -0.05) is 0 Å². The van der Waals surface area contributed by atoms with Crippen LogP contribution in [0.4, 0.5) is 0 Å². The second kappa shape index (κ2) is 3.65. The molecule has 0 aliphatic carbocycles. The van der Waals surface area contributed by atoms with Gasteiger partial charge >= 0.3 is 11.7 Å². The SMILES string of the molecule is Cn1nc(-c2ccc(C(=O)O)cc2)oc1=O. The lowest BCUT2D eigenvalue weighted by Gasteiger charge is -1.95. The van der Waals surface area contributed by atoms with Crippen LogP contribution >= 0.6 is 0 Å². The fourth-order valence-electron chi connectivity index (χ4n) is 1.22. The molecule has 1 N–H and O–H groups in total. The van der Waals surface area contributed by atoms with E-state index in [-0.39, 0.29) is 11.5 Å². The second-order valence-electron chi connectivity index (χ2n) is 3.18. The third-order valence-electron chi connectivity index (χ3n) is 2.07. The molecule has 0 unspecified atom stereocenters. The number of benzene rings is 1. The first-order valence-corrected chi connectivity index (χ1v) is 4.46. The van der Waals surface area contributed by atoms with Crippen LogP contribution in [0.2, 0.25) is 0 Å². The van der Waals surface area contributed by atoms with Crippen molar-refractivity contribution >= 4 is 5.97 Å². The highest BCUT2D eigenvalue weighted by Crippen LogP contribution is 2.15. The Morgan fingerprint density at radius 1 is 1.38 bits per heavy atom. The summed E-state index contributed by atoms with van der Waals surface area (Å²) in [5, 5.41) is 12.5. The maximum atomic E-state index is 11.0. The predicted octanol–water partition coefficient (Wildman–Crippen LogP) is 0.738. The van der Waals surface area contributed by atoms with Gasteiger partial charge in [-0.2, -0.15) is 4.68 Å².